The average Bonchev–Trinajstić information content (AvgIpc) is 2.30. The van der Waals surface area contributed by atoms with Crippen molar-refractivity contribution in [3.8, 4) is 0 Å². The number of halogens is 1. The number of benzene rings is 1. The first-order valence-corrected chi connectivity index (χ1v) is 8.51. The van der Waals surface area contributed by atoms with Gasteiger partial charge in [0.25, 0.3) is 0 Å². The molecule has 0 bridgehead atoms. The Labute approximate surface area is 109 Å². The molecule has 0 aliphatic heterocycles. The molecule has 96 valence electrons. The summed E-state index contributed by atoms with van der Waals surface area (Å²) in [5.41, 5.74) is 5.94. The Bertz CT molecular complexity index is 528. The number of sulfone groups is 1. The van der Waals surface area contributed by atoms with Gasteiger partial charge in [-0.05, 0) is 18.2 Å². The summed E-state index contributed by atoms with van der Waals surface area (Å²) in [5, 5.41) is 0.328. The van der Waals surface area contributed by atoms with E-state index >= 15 is 0 Å². The van der Waals surface area contributed by atoms with Gasteiger partial charge in [0.15, 0.2) is 9.84 Å². The van der Waals surface area contributed by atoms with E-state index in [1.54, 1.807) is 19.1 Å². The number of nitrogen functional groups attached to an aromatic ring is 1. The Morgan fingerprint density at radius 1 is 1.41 bits per heavy atom. The largest absolute Gasteiger partial charge is 0.398 e. The standard InChI is InChI=1S/C10H14ClNO3S2/c1-2-17(14,15)6-5-16(13)8-3-4-10(12)9(11)7-8/h3-4,7H,2,5-6,12H2,1H3. The quantitative estimate of drug-likeness (QED) is 0.834. The number of nitrogens with two attached hydrogens (primary N) is 1. The molecule has 0 aliphatic rings. The predicted octanol–water partition coefficient (Wildman–Crippen LogP) is 1.46. The normalized spacial score (nSPS) is 13.5. The molecule has 0 saturated carbocycles. The fourth-order valence-corrected chi connectivity index (χ4v) is 3.97. The van der Waals surface area contributed by atoms with Crippen molar-refractivity contribution in [1.29, 1.82) is 0 Å². The van der Waals surface area contributed by atoms with Crippen LogP contribution in [0.5, 0.6) is 0 Å². The van der Waals surface area contributed by atoms with Gasteiger partial charge in [-0.25, -0.2) is 8.42 Å². The maximum atomic E-state index is 11.8. The van der Waals surface area contributed by atoms with Crippen LogP contribution < -0.4 is 5.73 Å². The molecule has 1 aromatic carbocycles. The Balaban J connectivity index is 2.74. The van der Waals surface area contributed by atoms with E-state index in [0.717, 1.165) is 0 Å². The molecule has 0 aromatic heterocycles. The van der Waals surface area contributed by atoms with Gasteiger partial charge in [0, 0.05) is 16.4 Å². The molecule has 0 heterocycles. The van der Waals surface area contributed by atoms with Crippen LogP contribution in [0.15, 0.2) is 23.1 Å². The molecule has 4 nitrogen and oxygen atoms in total. The third-order valence-corrected chi connectivity index (χ3v) is 5.90. The summed E-state index contributed by atoms with van der Waals surface area (Å²) in [6.07, 6.45) is 0. The van der Waals surface area contributed by atoms with Gasteiger partial charge in [0.2, 0.25) is 0 Å². The predicted molar refractivity (Wildman–Crippen MR) is 71.5 cm³/mol. The van der Waals surface area contributed by atoms with Crippen molar-refractivity contribution in [2.24, 2.45) is 0 Å². The minimum atomic E-state index is -3.09. The number of hydrogen-bond donors (Lipinski definition) is 1. The maximum Gasteiger partial charge on any atom is 0.150 e. The van der Waals surface area contributed by atoms with E-state index in [1.807, 2.05) is 0 Å². The minimum absolute atomic E-state index is 0.0622. The van der Waals surface area contributed by atoms with Crippen LogP contribution in [0.1, 0.15) is 6.92 Å². The summed E-state index contributed by atoms with van der Waals surface area (Å²) in [6.45, 7) is 1.57. The lowest BCUT2D eigenvalue weighted by Gasteiger charge is -2.04. The molecule has 7 heteroatoms. The third-order valence-electron chi connectivity index (χ3n) is 2.25. The molecular weight excluding hydrogens is 282 g/mol. The highest BCUT2D eigenvalue weighted by Crippen LogP contribution is 2.21. The van der Waals surface area contributed by atoms with Crippen LogP contribution in [0.4, 0.5) is 5.69 Å². The second kappa shape index (κ2) is 5.84. The molecule has 1 atom stereocenters. The minimum Gasteiger partial charge on any atom is -0.398 e. The molecule has 0 radical (unpaired) electrons. The first kappa shape index (κ1) is 14.5. The molecule has 1 rings (SSSR count). The van der Waals surface area contributed by atoms with Crippen LogP contribution >= 0.6 is 11.6 Å². The lowest BCUT2D eigenvalue weighted by Crippen LogP contribution is -2.15. The van der Waals surface area contributed by atoms with E-state index in [2.05, 4.69) is 0 Å². The van der Waals surface area contributed by atoms with Gasteiger partial charge in [-0.3, -0.25) is 4.21 Å². The van der Waals surface area contributed by atoms with Crippen molar-refractivity contribution in [2.75, 3.05) is 23.0 Å². The molecule has 1 aromatic rings. The van der Waals surface area contributed by atoms with Crippen LogP contribution in [-0.2, 0) is 20.6 Å². The second-order valence-electron chi connectivity index (χ2n) is 3.47. The molecule has 2 N–H and O–H groups in total. The Morgan fingerprint density at radius 3 is 2.59 bits per heavy atom. The van der Waals surface area contributed by atoms with Crippen molar-refractivity contribution in [1.82, 2.24) is 0 Å². The number of anilines is 1. The molecular formula is C10H14ClNO3S2. The van der Waals surface area contributed by atoms with Crippen LogP contribution in [-0.4, -0.2) is 29.9 Å². The van der Waals surface area contributed by atoms with Gasteiger partial charge in [0.1, 0.15) is 0 Å². The lowest BCUT2D eigenvalue weighted by atomic mass is 10.3. The fraction of sp³-hybridized carbons (Fsp3) is 0.400. The van der Waals surface area contributed by atoms with Gasteiger partial charge in [-0.15, -0.1) is 0 Å². The maximum absolute atomic E-state index is 11.8. The van der Waals surface area contributed by atoms with Gasteiger partial charge >= 0.3 is 0 Å². The van der Waals surface area contributed by atoms with Crippen molar-refractivity contribution < 1.29 is 12.6 Å². The van der Waals surface area contributed by atoms with E-state index in [0.29, 0.717) is 15.6 Å². The van der Waals surface area contributed by atoms with Crippen molar-refractivity contribution in [3.05, 3.63) is 23.2 Å². The molecule has 1 unspecified atom stereocenters. The lowest BCUT2D eigenvalue weighted by molar-refractivity contribution is 0.598. The van der Waals surface area contributed by atoms with Gasteiger partial charge in [-0.2, -0.15) is 0 Å². The first-order chi connectivity index (χ1) is 7.85. The average molecular weight is 296 g/mol. The van der Waals surface area contributed by atoms with E-state index in [-0.39, 0.29) is 17.3 Å². The van der Waals surface area contributed by atoms with Gasteiger partial charge in [0.05, 0.1) is 27.3 Å². The zero-order valence-electron chi connectivity index (χ0n) is 9.35. The van der Waals surface area contributed by atoms with Gasteiger partial charge in [-0.1, -0.05) is 18.5 Å². The molecule has 0 aliphatic carbocycles. The summed E-state index contributed by atoms with van der Waals surface area (Å²) in [7, 11) is -4.46. The molecule has 17 heavy (non-hydrogen) atoms. The van der Waals surface area contributed by atoms with Crippen LogP contribution in [0.2, 0.25) is 5.02 Å². The Hall–Kier alpha value is -0.590. The summed E-state index contributed by atoms with van der Waals surface area (Å²) < 4.78 is 34.4. The monoisotopic (exact) mass is 295 g/mol. The van der Waals surface area contributed by atoms with Gasteiger partial charge < -0.3 is 5.73 Å². The zero-order chi connectivity index (χ0) is 13.1. The van der Waals surface area contributed by atoms with Crippen molar-refractivity contribution in [2.45, 2.75) is 11.8 Å². The highest BCUT2D eigenvalue weighted by atomic mass is 35.5. The Kier molecular flexibility index (Phi) is 4.97. The SMILES string of the molecule is CCS(=O)(=O)CCS(=O)c1ccc(N)c(Cl)c1. The van der Waals surface area contributed by atoms with Crippen LogP contribution in [0.3, 0.4) is 0 Å². The van der Waals surface area contributed by atoms with E-state index in [9.17, 15) is 12.6 Å². The topological polar surface area (TPSA) is 77.2 Å². The summed E-state index contributed by atoms with van der Waals surface area (Å²) >= 11 is 5.80. The molecule has 0 saturated heterocycles. The van der Waals surface area contributed by atoms with Crippen LogP contribution in [0.25, 0.3) is 0 Å². The van der Waals surface area contributed by atoms with Crippen molar-refractivity contribution >= 4 is 37.9 Å². The summed E-state index contributed by atoms with van der Waals surface area (Å²) in [5.74, 6) is 0.0568. The van der Waals surface area contributed by atoms with Crippen molar-refractivity contribution in [3.63, 3.8) is 0 Å². The molecule has 0 spiro atoms. The number of hydrogen-bond acceptors (Lipinski definition) is 4. The molecule has 0 amide bonds. The second-order valence-corrected chi connectivity index (χ2v) is 7.92. The van der Waals surface area contributed by atoms with E-state index in [4.69, 9.17) is 17.3 Å². The van der Waals surface area contributed by atoms with E-state index < -0.39 is 20.6 Å². The fourth-order valence-electron chi connectivity index (χ4n) is 1.11. The highest BCUT2D eigenvalue weighted by Gasteiger charge is 2.12. The van der Waals surface area contributed by atoms with E-state index in [1.165, 1.54) is 6.07 Å². The third kappa shape index (κ3) is 4.29. The molecule has 0 fully saturated rings. The first-order valence-electron chi connectivity index (χ1n) is 4.99. The summed E-state index contributed by atoms with van der Waals surface area (Å²) in [4.78, 5) is 0.496. The Morgan fingerprint density at radius 2 is 2.06 bits per heavy atom. The smallest absolute Gasteiger partial charge is 0.150 e. The number of rotatable bonds is 5. The van der Waals surface area contributed by atoms with Crippen LogP contribution in [0, 0.1) is 0 Å². The highest BCUT2D eigenvalue weighted by molar-refractivity contribution is 7.93. The summed E-state index contributed by atoms with van der Waals surface area (Å²) in [6, 6.07) is 4.66. The zero-order valence-corrected chi connectivity index (χ0v) is 11.7.